The summed E-state index contributed by atoms with van der Waals surface area (Å²) in [6.07, 6.45) is 50.3. The predicted octanol–water partition coefficient (Wildman–Crippen LogP) is 13.6. The highest BCUT2D eigenvalue weighted by atomic mass is 15.3. The summed E-state index contributed by atoms with van der Waals surface area (Å²) in [4.78, 5) is 0. The number of unbranched alkanes of at least 4 members (excludes halogenated alkanes) is 24. The molecule has 45 heavy (non-hydrogen) atoms. The average molecular weight is 633 g/mol. The van der Waals surface area contributed by atoms with Crippen LogP contribution in [0.4, 0.5) is 0 Å². The largest absolute Gasteiger partial charge is 0.328 e. The normalized spacial score (nSPS) is 12.8. The summed E-state index contributed by atoms with van der Waals surface area (Å²) in [6.45, 7) is 9.96. The van der Waals surface area contributed by atoms with E-state index in [0.717, 1.165) is 0 Å². The highest BCUT2D eigenvalue weighted by Crippen LogP contribution is 2.14. The number of allylic oxidation sites excluding steroid dienone is 4. The van der Waals surface area contributed by atoms with Crippen LogP contribution in [0.25, 0.3) is 0 Å². The predicted molar refractivity (Wildman–Crippen MR) is 207 cm³/mol. The van der Waals surface area contributed by atoms with Crippen molar-refractivity contribution in [2.24, 2.45) is 0 Å². The SMILES string of the molecule is CCCCCCCC/C=C\CCCCCCCC[N+](C)(C)CCC[N+](C)(C)CCCCCCCC/C=C\CCCCCCCC. The standard InChI is InChI=1S/C43H88N2/c1-7-9-11-13-15-17-19-21-23-25-27-29-31-33-35-37-40-44(3,4)42-39-43-45(5,6)41-38-36-34-32-30-28-26-24-22-20-18-16-14-12-10-8-2/h21-24H,7-20,25-43H2,1-6H3/q+2/b23-21-,24-22-. The minimum Gasteiger partial charge on any atom is -0.328 e. The topological polar surface area (TPSA) is 0 Å². The molecule has 2 heteroatoms. The second-order valence-electron chi connectivity index (χ2n) is 16.0. The lowest BCUT2D eigenvalue weighted by Gasteiger charge is -2.33. The molecule has 268 valence electrons. The Morgan fingerprint density at radius 3 is 0.778 bits per heavy atom. The zero-order chi connectivity index (χ0) is 33.2. The summed E-state index contributed by atoms with van der Waals surface area (Å²) in [5, 5.41) is 0. The van der Waals surface area contributed by atoms with Gasteiger partial charge in [-0.05, 0) is 77.0 Å². The maximum absolute atomic E-state index is 2.46. The summed E-state index contributed by atoms with van der Waals surface area (Å²) in [6, 6.07) is 0. The molecule has 0 aromatic carbocycles. The van der Waals surface area contributed by atoms with Crippen LogP contribution in [0.3, 0.4) is 0 Å². The Balaban J connectivity index is 3.57. The van der Waals surface area contributed by atoms with Crippen LogP contribution in [0.15, 0.2) is 24.3 Å². The van der Waals surface area contributed by atoms with Crippen LogP contribution in [-0.4, -0.2) is 63.3 Å². The van der Waals surface area contributed by atoms with Crippen LogP contribution in [0, 0.1) is 0 Å². The van der Waals surface area contributed by atoms with Crippen LogP contribution >= 0.6 is 0 Å². The van der Waals surface area contributed by atoms with E-state index in [2.05, 4.69) is 66.3 Å². The van der Waals surface area contributed by atoms with E-state index in [9.17, 15) is 0 Å². The fourth-order valence-electron chi connectivity index (χ4n) is 6.73. The Morgan fingerprint density at radius 1 is 0.267 bits per heavy atom. The van der Waals surface area contributed by atoms with E-state index >= 15 is 0 Å². The summed E-state index contributed by atoms with van der Waals surface area (Å²) >= 11 is 0. The molecule has 0 fully saturated rings. The van der Waals surface area contributed by atoms with Crippen LogP contribution in [0.1, 0.15) is 200 Å². The highest BCUT2D eigenvalue weighted by molar-refractivity contribution is 4.82. The third-order valence-corrected chi connectivity index (χ3v) is 10.1. The molecule has 0 bridgehead atoms. The van der Waals surface area contributed by atoms with Crippen molar-refractivity contribution in [3.63, 3.8) is 0 Å². The van der Waals surface area contributed by atoms with E-state index in [1.807, 2.05) is 0 Å². The molecule has 0 heterocycles. The lowest BCUT2D eigenvalue weighted by Crippen LogP contribution is -2.46. The molecule has 0 amide bonds. The van der Waals surface area contributed by atoms with Crippen molar-refractivity contribution < 1.29 is 8.97 Å². The Labute approximate surface area is 287 Å². The number of hydrogen-bond acceptors (Lipinski definition) is 0. The summed E-state index contributed by atoms with van der Waals surface area (Å²) in [5.74, 6) is 0. The van der Waals surface area contributed by atoms with Gasteiger partial charge in [0.1, 0.15) is 0 Å². The van der Waals surface area contributed by atoms with Crippen LogP contribution in [0.2, 0.25) is 0 Å². The molecule has 0 saturated carbocycles. The van der Waals surface area contributed by atoms with E-state index in [1.165, 1.54) is 221 Å². The van der Waals surface area contributed by atoms with Crippen molar-refractivity contribution in [1.29, 1.82) is 0 Å². The average Bonchev–Trinajstić information content (AvgIpc) is 3.00. The first-order valence-corrected chi connectivity index (χ1v) is 20.8. The van der Waals surface area contributed by atoms with Crippen molar-refractivity contribution in [3.05, 3.63) is 24.3 Å². The third-order valence-electron chi connectivity index (χ3n) is 10.1. The van der Waals surface area contributed by atoms with Gasteiger partial charge in [-0.15, -0.1) is 0 Å². The monoisotopic (exact) mass is 633 g/mol. The highest BCUT2D eigenvalue weighted by Gasteiger charge is 2.19. The maximum Gasteiger partial charge on any atom is 0.0836 e. The van der Waals surface area contributed by atoms with Gasteiger partial charge < -0.3 is 8.97 Å². The van der Waals surface area contributed by atoms with Crippen LogP contribution in [-0.2, 0) is 0 Å². The van der Waals surface area contributed by atoms with Gasteiger partial charge in [-0.1, -0.05) is 141 Å². The smallest absolute Gasteiger partial charge is 0.0836 e. The summed E-state index contributed by atoms with van der Waals surface area (Å²) in [7, 11) is 9.84. The van der Waals surface area contributed by atoms with Crippen molar-refractivity contribution >= 4 is 0 Å². The van der Waals surface area contributed by atoms with Gasteiger partial charge in [0.2, 0.25) is 0 Å². The summed E-state index contributed by atoms with van der Waals surface area (Å²) in [5.41, 5.74) is 0. The molecule has 0 N–H and O–H groups in total. The molecule has 2 nitrogen and oxygen atoms in total. The lowest BCUT2D eigenvalue weighted by atomic mass is 10.1. The molecule has 0 unspecified atom stereocenters. The van der Waals surface area contributed by atoms with Gasteiger partial charge >= 0.3 is 0 Å². The first kappa shape index (κ1) is 44.4. The van der Waals surface area contributed by atoms with Crippen LogP contribution < -0.4 is 0 Å². The maximum atomic E-state index is 2.46. The van der Waals surface area contributed by atoms with Crippen molar-refractivity contribution in [1.82, 2.24) is 0 Å². The zero-order valence-corrected chi connectivity index (χ0v) is 32.5. The molecule has 0 aromatic heterocycles. The van der Waals surface area contributed by atoms with Crippen LogP contribution in [0.5, 0.6) is 0 Å². The summed E-state index contributed by atoms with van der Waals surface area (Å²) < 4.78 is 2.41. The molecule has 0 saturated heterocycles. The number of hydrogen-bond donors (Lipinski definition) is 0. The molecule has 0 aliphatic heterocycles. The lowest BCUT2D eigenvalue weighted by molar-refractivity contribution is -0.909. The van der Waals surface area contributed by atoms with Gasteiger partial charge in [-0.25, -0.2) is 0 Å². The van der Waals surface area contributed by atoms with Gasteiger partial charge in [0.15, 0.2) is 0 Å². The van der Waals surface area contributed by atoms with E-state index in [-0.39, 0.29) is 0 Å². The molecule has 0 atom stereocenters. The number of nitrogens with zero attached hydrogens (tertiary/aromatic N) is 2. The van der Waals surface area contributed by atoms with Gasteiger partial charge in [-0.2, -0.15) is 0 Å². The molecular weight excluding hydrogens is 544 g/mol. The quantitative estimate of drug-likeness (QED) is 0.0366. The number of quaternary nitrogens is 2. The molecule has 0 aliphatic carbocycles. The van der Waals surface area contributed by atoms with Gasteiger partial charge in [0.05, 0.1) is 54.4 Å². The van der Waals surface area contributed by atoms with Gasteiger partial charge in [0.25, 0.3) is 0 Å². The Hall–Kier alpha value is -0.600. The first-order chi connectivity index (χ1) is 21.8. The van der Waals surface area contributed by atoms with Crippen molar-refractivity contribution in [3.8, 4) is 0 Å². The molecular formula is C43H88N2+2. The van der Waals surface area contributed by atoms with Crippen molar-refractivity contribution in [2.75, 3.05) is 54.4 Å². The minimum absolute atomic E-state index is 1.21. The Kier molecular flexibility index (Phi) is 32.9. The van der Waals surface area contributed by atoms with E-state index < -0.39 is 0 Å². The first-order valence-electron chi connectivity index (χ1n) is 20.8. The van der Waals surface area contributed by atoms with E-state index in [0.29, 0.717) is 0 Å². The van der Waals surface area contributed by atoms with E-state index in [1.54, 1.807) is 0 Å². The Bertz CT molecular complexity index is 578. The van der Waals surface area contributed by atoms with Crippen molar-refractivity contribution in [2.45, 2.75) is 200 Å². The Morgan fingerprint density at radius 2 is 0.489 bits per heavy atom. The third kappa shape index (κ3) is 36.1. The second kappa shape index (κ2) is 33.3. The minimum atomic E-state index is 1.21. The fraction of sp³-hybridized carbons (Fsp3) is 0.907. The zero-order valence-electron chi connectivity index (χ0n) is 32.5. The number of rotatable bonds is 36. The fourth-order valence-corrected chi connectivity index (χ4v) is 6.73. The molecule has 0 rings (SSSR count). The van der Waals surface area contributed by atoms with E-state index in [4.69, 9.17) is 0 Å². The van der Waals surface area contributed by atoms with Gasteiger partial charge in [0, 0.05) is 6.42 Å². The molecule has 0 aliphatic rings. The second-order valence-corrected chi connectivity index (χ2v) is 16.0. The molecule has 0 radical (unpaired) electrons. The van der Waals surface area contributed by atoms with Gasteiger partial charge in [-0.3, -0.25) is 0 Å². The molecule has 0 spiro atoms. The molecule has 0 aromatic rings.